The van der Waals surface area contributed by atoms with Gasteiger partial charge in [-0.3, -0.25) is 0 Å². The molecule has 0 aliphatic heterocycles. The zero-order chi connectivity index (χ0) is 12.6. The van der Waals surface area contributed by atoms with Crippen LogP contribution in [0.3, 0.4) is 0 Å². The lowest BCUT2D eigenvalue weighted by Crippen LogP contribution is -2.12. The lowest BCUT2D eigenvalue weighted by molar-refractivity contribution is -0.0833. The molecule has 0 fully saturated rings. The van der Waals surface area contributed by atoms with Crippen molar-refractivity contribution in [3.63, 3.8) is 0 Å². The summed E-state index contributed by atoms with van der Waals surface area (Å²) < 4.78 is 11.6. The Morgan fingerprint density at radius 2 is 1.50 bits per heavy atom. The lowest BCUT2D eigenvalue weighted by atomic mass is 10.2. The van der Waals surface area contributed by atoms with Crippen LogP contribution in [0.5, 0.6) is 5.75 Å². The Morgan fingerprint density at radius 3 is 2.11 bits per heavy atom. The molecule has 0 N–H and O–H groups in total. The molecule has 0 radical (unpaired) electrons. The first-order valence-corrected chi connectivity index (χ1v) is 6.28. The molecule has 0 aliphatic carbocycles. The van der Waals surface area contributed by atoms with E-state index in [2.05, 4.69) is 6.92 Å². The maximum absolute atomic E-state index is 5.88. The van der Waals surface area contributed by atoms with E-state index in [4.69, 9.17) is 9.47 Å². The number of para-hydroxylation sites is 1. The summed E-state index contributed by atoms with van der Waals surface area (Å²) in [5, 5.41) is 0. The molecular formula is C16H18O2. The Kier molecular flexibility index (Phi) is 4.79. The average Bonchev–Trinajstić information content (AvgIpc) is 2.45. The topological polar surface area (TPSA) is 18.5 Å². The minimum absolute atomic E-state index is 0.339. The summed E-state index contributed by atoms with van der Waals surface area (Å²) in [5.41, 5.74) is 1.04. The average molecular weight is 242 g/mol. The van der Waals surface area contributed by atoms with Crippen molar-refractivity contribution in [3.05, 3.63) is 66.2 Å². The first-order chi connectivity index (χ1) is 8.90. The summed E-state index contributed by atoms with van der Waals surface area (Å²) >= 11 is 0. The number of ether oxygens (including phenoxy) is 2. The highest BCUT2D eigenvalue weighted by Crippen LogP contribution is 2.22. The van der Waals surface area contributed by atoms with Crippen LogP contribution < -0.4 is 4.74 Å². The highest BCUT2D eigenvalue weighted by Gasteiger charge is 2.12. The zero-order valence-corrected chi connectivity index (χ0v) is 10.6. The molecule has 2 aromatic carbocycles. The standard InChI is InChI=1S/C16H18O2/c1-2-13-17-16(14-9-5-3-6-10-14)18-15-11-7-4-8-12-15/h3-12,16H,2,13H2,1H3. The zero-order valence-electron chi connectivity index (χ0n) is 10.6. The first kappa shape index (κ1) is 12.7. The van der Waals surface area contributed by atoms with Gasteiger partial charge in [-0.1, -0.05) is 55.5 Å². The number of hydrogen-bond donors (Lipinski definition) is 0. The maximum Gasteiger partial charge on any atom is 0.226 e. The molecule has 0 heterocycles. The number of rotatable bonds is 6. The van der Waals surface area contributed by atoms with E-state index in [0.29, 0.717) is 6.61 Å². The minimum atomic E-state index is -0.339. The van der Waals surface area contributed by atoms with E-state index >= 15 is 0 Å². The Hall–Kier alpha value is -1.80. The van der Waals surface area contributed by atoms with E-state index in [9.17, 15) is 0 Å². The SMILES string of the molecule is CCCOC(Oc1ccccc1)c1ccccc1. The molecular weight excluding hydrogens is 224 g/mol. The molecule has 2 aromatic rings. The van der Waals surface area contributed by atoms with Gasteiger partial charge in [0.05, 0.1) is 6.61 Å². The second-order valence-electron chi connectivity index (χ2n) is 4.04. The summed E-state index contributed by atoms with van der Waals surface area (Å²) in [6.45, 7) is 2.77. The molecule has 2 rings (SSSR count). The van der Waals surface area contributed by atoms with Gasteiger partial charge in [0.1, 0.15) is 5.75 Å². The van der Waals surface area contributed by atoms with E-state index < -0.39 is 0 Å². The van der Waals surface area contributed by atoms with Gasteiger partial charge in [0.25, 0.3) is 0 Å². The third-order valence-corrected chi connectivity index (χ3v) is 2.53. The van der Waals surface area contributed by atoms with Crippen molar-refractivity contribution < 1.29 is 9.47 Å². The predicted octanol–water partition coefficient (Wildman–Crippen LogP) is 4.19. The van der Waals surface area contributed by atoms with Gasteiger partial charge in [-0.05, 0) is 18.6 Å². The molecule has 2 nitrogen and oxygen atoms in total. The van der Waals surface area contributed by atoms with E-state index in [1.54, 1.807) is 0 Å². The van der Waals surface area contributed by atoms with Crippen LogP contribution in [0.1, 0.15) is 25.2 Å². The van der Waals surface area contributed by atoms with Gasteiger partial charge in [-0.25, -0.2) is 0 Å². The van der Waals surface area contributed by atoms with Gasteiger partial charge in [0.15, 0.2) is 0 Å². The fourth-order valence-corrected chi connectivity index (χ4v) is 1.66. The van der Waals surface area contributed by atoms with Crippen LogP contribution in [-0.2, 0) is 4.74 Å². The summed E-state index contributed by atoms with van der Waals surface area (Å²) in [4.78, 5) is 0. The molecule has 94 valence electrons. The van der Waals surface area contributed by atoms with Crippen molar-refractivity contribution >= 4 is 0 Å². The first-order valence-electron chi connectivity index (χ1n) is 6.28. The number of benzene rings is 2. The monoisotopic (exact) mass is 242 g/mol. The van der Waals surface area contributed by atoms with Crippen LogP contribution in [-0.4, -0.2) is 6.61 Å². The smallest absolute Gasteiger partial charge is 0.226 e. The normalized spacial score (nSPS) is 12.1. The molecule has 18 heavy (non-hydrogen) atoms. The molecule has 2 heteroatoms. The van der Waals surface area contributed by atoms with Crippen molar-refractivity contribution in [2.75, 3.05) is 6.61 Å². The van der Waals surface area contributed by atoms with Crippen LogP contribution >= 0.6 is 0 Å². The van der Waals surface area contributed by atoms with Crippen LogP contribution in [0.2, 0.25) is 0 Å². The Bertz CT molecular complexity index is 439. The van der Waals surface area contributed by atoms with E-state index in [-0.39, 0.29) is 6.29 Å². The van der Waals surface area contributed by atoms with Crippen LogP contribution in [0.25, 0.3) is 0 Å². The molecule has 0 aromatic heterocycles. The van der Waals surface area contributed by atoms with Gasteiger partial charge in [0, 0.05) is 5.56 Å². The molecule has 1 atom stereocenters. The van der Waals surface area contributed by atoms with Crippen molar-refractivity contribution in [1.82, 2.24) is 0 Å². The highest BCUT2D eigenvalue weighted by molar-refractivity contribution is 5.23. The van der Waals surface area contributed by atoms with Crippen LogP contribution in [0, 0.1) is 0 Å². The summed E-state index contributed by atoms with van der Waals surface area (Å²) in [6.07, 6.45) is 0.634. The predicted molar refractivity (Wildman–Crippen MR) is 72.5 cm³/mol. The van der Waals surface area contributed by atoms with E-state index in [1.165, 1.54) is 0 Å². The van der Waals surface area contributed by atoms with Crippen molar-refractivity contribution in [1.29, 1.82) is 0 Å². The fraction of sp³-hybridized carbons (Fsp3) is 0.250. The Labute approximate surface area is 108 Å². The fourth-order valence-electron chi connectivity index (χ4n) is 1.66. The van der Waals surface area contributed by atoms with Crippen molar-refractivity contribution in [2.45, 2.75) is 19.6 Å². The third-order valence-electron chi connectivity index (χ3n) is 2.53. The maximum atomic E-state index is 5.88. The summed E-state index contributed by atoms with van der Waals surface area (Å²) in [7, 11) is 0. The largest absolute Gasteiger partial charge is 0.461 e. The molecule has 0 aliphatic rings. The van der Waals surface area contributed by atoms with Gasteiger partial charge >= 0.3 is 0 Å². The van der Waals surface area contributed by atoms with Gasteiger partial charge in [0.2, 0.25) is 6.29 Å². The van der Waals surface area contributed by atoms with E-state index in [1.807, 2.05) is 60.7 Å². The molecule has 0 bridgehead atoms. The van der Waals surface area contributed by atoms with Crippen molar-refractivity contribution in [3.8, 4) is 5.75 Å². The minimum Gasteiger partial charge on any atom is -0.461 e. The van der Waals surface area contributed by atoms with Gasteiger partial charge < -0.3 is 9.47 Å². The highest BCUT2D eigenvalue weighted by atomic mass is 16.7. The Morgan fingerprint density at radius 1 is 0.889 bits per heavy atom. The van der Waals surface area contributed by atoms with Crippen LogP contribution in [0.15, 0.2) is 60.7 Å². The summed E-state index contributed by atoms with van der Waals surface area (Å²) in [5.74, 6) is 0.822. The lowest BCUT2D eigenvalue weighted by Gasteiger charge is -2.19. The molecule has 0 saturated heterocycles. The van der Waals surface area contributed by atoms with Gasteiger partial charge in [-0.2, -0.15) is 0 Å². The molecule has 1 unspecified atom stereocenters. The van der Waals surface area contributed by atoms with Crippen molar-refractivity contribution in [2.24, 2.45) is 0 Å². The Balaban J connectivity index is 2.10. The summed E-state index contributed by atoms with van der Waals surface area (Å²) in [6, 6.07) is 19.8. The second kappa shape index (κ2) is 6.82. The molecule has 0 amide bonds. The third kappa shape index (κ3) is 3.60. The second-order valence-corrected chi connectivity index (χ2v) is 4.04. The van der Waals surface area contributed by atoms with Gasteiger partial charge in [-0.15, -0.1) is 0 Å². The van der Waals surface area contributed by atoms with Crippen LogP contribution in [0.4, 0.5) is 0 Å². The molecule has 0 spiro atoms. The molecule has 0 saturated carbocycles. The van der Waals surface area contributed by atoms with E-state index in [0.717, 1.165) is 17.7 Å². The number of hydrogen-bond acceptors (Lipinski definition) is 2. The quantitative estimate of drug-likeness (QED) is 0.707.